The summed E-state index contributed by atoms with van der Waals surface area (Å²) in [6.45, 7) is 0.957. The van der Waals surface area contributed by atoms with Gasteiger partial charge < -0.3 is 14.8 Å². The number of nitrogens with one attached hydrogen (secondary N) is 1. The summed E-state index contributed by atoms with van der Waals surface area (Å²) in [5.41, 5.74) is 2.21. The van der Waals surface area contributed by atoms with Gasteiger partial charge in [-0.1, -0.05) is 39.7 Å². The summed E-state index contributed by atoms with van der Waals surface area (Å²) >= 11 is 11.2. The van der Waals surface area contributed by atoms with Gasteiger partial charge in [0.1, 0.15) is 18.2 Å². The molecule has 138 valence electrons. The van der Waals surface area contributed by atoms with Crippen LogP contribution in [0.5, 0.6) is 11.5 Å². The molecular weight excluding hydrogens is 452 g/mol. The van der Waals surface area contributed by atoms with Crippen molar-refractivity contribution in [1.29, 1.82) is 0 Å². The number of ether oxygens (including phenoxy) is 2. The fourth-order valence-electron chi connectivity index (χ4n) is 2.66. The highest BCUT2D eigenvalue weighted by Crippen LogP contribution is 2.38. The minimum absolute atomic E-state index is 0.162. The average molecular weight is 466 g/mol. The van der Waals surface area contributed by atoms with E-state index >= 15 is 0 Å². The summed E-state index contributed by atoms with van der Waals surface area (Å²) in [5.74, 6) is 0.966. The number of carbonyl (C=O) groups excluding carboxylic acids is 1. The van der Waals surface area contributed by atoms with Crippen LogP contribution in [0.25, 0.3) is 10.6 Å². The summed E-state index contributed by atoms with van der Waals surface area (Å²) in [6, 6.07) is 11.2. The molecule has 4 rings (SSSR count). The number of rotatable bonds is 4. The molecular formula is C19H14BrClN2O3S. The van der Waals surface area contributed by atoms with Crippen LogP contribution in [0.2, 0.25) is 5.02 Å². The minimum atomic E-state index is -0.195. The van der Waals surface area contributed by atoms with Crippen LogP contribution in [-0.2, 0) is 11.2 Å². The lowest BCUT2D eigenvalue weighted by atomic mass is 10.2. The number of halogens is 2. The number of amides is 1. The molecule has 0 radical (unpaired) electrons. The van der Waals surface area contributed by atoms with E-state index < -0.39 is 0 Å². The first-order valence-electron chi connectivity index (χ1n) is 8.18. The van der Waals surface area contributed by atoms with Crippen LogP contribution in [0.15, 0.2) is 46.3 Å². The maximum atomic E-state index is 12.4. The Labute approximate surface area is 173 Å². The number of aromatic nitrogens is 1. The standard InChI is InChI=1S/C19H14BrClN2O3S/c20-12-3-1-2-11(6-12)19-22-13(10-27-19)7-18(24)23-15-9-17-16(8-14(15)21)25-4-5-26-17/h1-3,6,8-10H,4-5,7H2,(H,23,24). The smallest absolute Gasteiger partial charge is 0.230 e. The van der Waals surface area contributed by atoms with Crippen molar-refractivity contribution in [2.75, 3.05) is 18.5 Å². The molecule has 1 N–H and O–H groups in total. The van der Waals surface area contributed by atoms with E-state index in [1.807, 2.05) is 29.6 Å². The molecule has 0 bridgehead atoms. The lowest BCUT2D eigenvalue weighted by Gasteiger charge is -2.19. The molecule has 5 nitrogen and oxygen atoms in total. The van der Waals surface area contributed by atoms with Crippen molar-refractivity contribution < 1.29 is 14.3 Å². The molecule has 1 aliphatic rings. The Morgan fingerprint density at radius 3 is 2.78 bits per heavy atom. The van der Waals surface area contributed by atoms with Gasteiger partial charge in [-0.25, -0.2) is 4.98 Å². The number of hydrogen-bond donors (Lipinski definition) is 1. The van der Waals surface area contributed by atoms with Crippen molar-refractivity contribution in [3.8, 4) is 22.1 Å². The molecule has 0 aliphatic carbocycles. The highest BCUT2D eigenvalue weighted by atomic mass is 79.9. The molecule has 27 heavy (non-hydrogen) atoms. The van der Waals surface area contributed by atoms with E-state index in [0.717, 1.165) is 15.0 Å². The van der Waals surface area contributed by atoms with Gasteiger partial charge in [-0.05, 0) is 12.1 Å². The largest absolute Gasteiger partial charge is 0.486 e. The number of fused-ring (bicyclic) bond motifs is 1. The molecule has 0 atom stereocenters. The molecule has 1 aromatic heterocycles. The molecule has 0 saturated heterocycles. The predicted octanol–water partition coefficient (Wildman–Crippen LogP) is 5.18. The van der Waals surface area contributed by atoms with Crippen molar-refractivity contribution in [2.24, 2.45) is 0 Å². The van der Waals surface area contributed by atoms with E-state index in [1.165, 1.54) is 11.3 Å². The third-order valence-electron chi connectivity index (χ3n) is 3.87. The van der Waals surface area contributed by atoms with Crippen LogP contribution in [0.4, 0.5) is 5.69 Å². The van der Waals surface area contributed by atoms with Crippen LogP contribution in [0.1, 0.15) is 5.69 Å². The molecule has 2 aromatic carbocycles. The minimum Gasteiger partial charge on any atom is -0.486 e. The van der Waals surface area contributed by atoms with Crippen molar-refractivity contribution in [3.63, 3.8) is 0 Å². The van der Waals surface area contributed by atoms with E-state index in [4.69, 9.17) is 21.1 Å². The van der Waals surface area contributed by atoms with Gasteiger partial charge >= 0.3 is 0 Å². The molecule has 3 aromatic rings. The number of nitrogens with zero attached hydrogens (tertiary/aromatic N) is 1. The Morgan fingerprint density at radius 1 is 1.22 bits per heavy atom. The maximum Gasteiger partial charge on any atom is 0.230 e. The van der Waals surface area contributed by atoms with Crippen molar-refractivity contribution >= 4 is 50.5 Å². The van der Waals surface area contributed by atoms with E-state index in [9.17, 15) is 4.79 Å². The van der Waals surface area contributed by atoms with Gasteiger partial charge in [-0.3, -0.25) is 4.79 Å². The fraction of sp³-hybridized carbons (Fsp3) is 0.158. The Hall–Kier alpha value is -2.09. The molecule has 1 aliphatic heterocycles. The third kappa shape index (κ3) is 4.26. The Bertz CT molecular complexity index is 1010. The van der Waals surface area contributed by atoms with Crippen LogP contribution >= 0.6 is 38.9 Å². The van der Waals surface area contributed by atoms with Crippen LogP contribution in [0, 0.1) is 0 Å². The summed E-state index contributed by atoms with van der Waals surface area (Å²) < 4.78 is 12.0. The number of thiazole rings is 1. The molecule has 2 heterocycles. The fourth-order valence-corrected chi connectivity index (χ4v) is 4.08. The summed E-state index contributed by atoms with van der Waals surface area (Å²) in [6.07, 6.45) is 0.162. The lowest BCUT2D eigenvalue weighted by molar-refractivity contribution is -0.115. The maximum absolute atomic E-state index is 12.4. The molecule has 8 heteroatoms. The van der Waals surface area contributed by atoms with Crippen LogP contribution in [0.3, 0.4) is 0 Å². The quantitative estimate of drug-likeness (QED) is 0.577. The van der Waals surface area contributed by atoms with Crippen LogP contribution < -0.4 is 14.8 Å². The zero-order valence-corrected chi connectivity index (χ0v) is 17.2. The normalized spacial score (nSPS) is 12.7. The number of carbonyl (C=O) groups is 1. The predicted molar refractivity (Wildman–Crippen MR) is 110 cm³/mol. The van der Waals surface area contributed by atoms with Gasteiger partial charge in [0.15, 0.2) is 11.5 Å². The highest BCUT2D eigenvalue weighted by molar-refractivity contribution is 9.10. The zero-order chi connectivity index (χ0) is 18.8. The van der Waals surface area contributed by atoms with Crippen LogP contribution in [-0.4, -0.2) is 24.1 Å². The topological polar surface area (TPSA) is 60.5 Å². The van der Waals surface area contributed by atoms with Gasteiger partial charge in [-0.2, -0.15) is 0 Å². The van der Waals surface area contributed by atoms with Gasteiger partial charge in [0, 0.05) is 27.5 Å². The Kier molecular flexibility index (Phi) is 5.33. The summed E-state index contributed by atoms with van der Waals surface area (Å²) in [4.78, 5) is 17.0. The van der Waals surface area contributed by atoms with Gasteiger partial charge in [-0.15, -0.1) is 11.3 Å². The molecule has 1 amide bonds. The first kappa shape index (κ1) is 18.3. The van der Waals surface area contributed by atoms with Gasteiger partial charge in [0.25, 0.3) is 0 Å². The Morgan fingerprint density at radius 2 is 2.00 bits per heavy atom. The third-order valence-corrected chi connectivity index (χ3v) is 5.62. The second-order valence-electron chi connectivity index (χ2n) is 5.86. The van der Waals surface area contributed by atoms with Gasteiger partial charge in [0.2, 0.25) is 5.91 Å². The second-order valence-corrected chi connectivity index (χ2v) is 8.04. The number of hydrogen-bond acceptors (Lipinski definition) is 5. The lowest BCUT2D eigenvalue weighted by Crippen LogP contribution is -2.17. The van der Waals surface area contributed by atoms with E-state index in [2.05, 4.69) is 26.2 Å². The first-order chi connectivity index (χ1) is 13.1. The first-order valence-corrected chi connectivity index (χ1v) is 10.2. The summed E-state index contributed by atoms with van der Waals surface area (Å²) in [5, 5.41) is 5.98. The van der Waals surface area contributed by atoms with Crippen molar-refractivity contribution in [3.05, 3.63) is 57.0 Å². The van der Waals surface area contributed by atoms with Crippen molar-refractivity contribution in [2.45, 2.75) is 6.42 Å². The average Bonchev–Trinajstić information content (AvgIpc) is 3.11. The summed E-state index contributed by atoms with van der Waals surface area (Å²) in [7, 11) is 0. The second kappa shape index (κ2) is 7.88. The molecule has 0 spiro atoms. The molecule has 0 unspecified atom stereocenters. The number of benzene rings is 2. The highest BCUT2D eigenvalue weighted by Gasteiger charge is 2.17. The molecule has 0 saturated carbocycles. The number of anilines is 1. The monoisotopic (exact) mass is 464 g/mol. The molecule has 0 fully saturated rings. The van der Waals surface area contributed by atoms with Gasteiger partial charge in [0.05, 0.1) is 22.8 Å². The van der Waals surface area contributed by atoms with E-state index in [0.29, 0.717) is 41.1 Å². The Balaban J connectivity index is 1.46. The SMILES string of the molecule is O=C(Cc1csc(-c2cccc(Br)c2)n1)Nc1cc2c(cc1Cl)OCCO2. The van der Waals surface area contributed by atoms with E-state index in [1.54, 1.807) is 12.1 Å². The van der Waals surface area contributed by atoms with E-state index in [-0.39, 0.29) is 12.3 Å². The van der Waals surface area contributed by atoms with Crippen molar-refractivity contribution in [1.82, 2.24) is 4.98 Å². The zero-order valence-electron chi connectivity index (χ0n) is 14.0.